The molecular weight excluding hydrogens is 348 g/mol. The first-order valence-corrected chi connectivity index (χ1v) is 8.75. The lowest BCUT2D eigenvalue weighted by Gasteiger charge is -2.08. The maximum absolute atomic E-state index is 12.2. The summed E-state index contributed by atoms with van der Waals surface area (Å²) in [4.78, 5) is 36.9. The number of hydrogen-bond acceptors (Lipinski definition) is 5. The quantitative estimate of drug-likeness (QED) is 0.479. The van der Waals surface area contributed by atoms with E-state index in [-0.39, 0.29) is 17.6 Å². The topological polar surface area (TPSA) is 88.8 Å². The number of carbonyl (C=O) groups is 3. The van der Waals surface area contributed by atoms with E-state index in [0.717, 1.165) is 5.56 Å². The minimum Gasteiger partial charge on any atom is -0.462 e. The van der Waals surface area contributed by atoms with Crippen molar-refractivity contribution in [2.45, 2.75) is 20.3 Å². The number of nitrogens with one attached hydrogen (secondary N) is 1. The second-order valence-electron chi connectivity index (χ2n) is 5.94. The van der Waals surface area contributed by atoms with Crippen molar-refractivity contribution in [3.05, 3.63) is 53.4 Å². The molecule has 1 aliphatic rings. The molecule has 0 bridgehead atoms. The van der Waals surface area contributed by atoms with Crippen LogP contribution in [0.1, 0.15) is 36.4 Å². The van der Waals surface area contributed by atoms with E-state index in [1.165, 1.54) is 11.0 Å². The van der Waals surface area contributed by atoms with Crippen molar-refractivity contribution < 1.29 is 23.5 Å². The van der Waals surface area contributed by atoms with E-state index in [9.17, 15) is 14.4 Å². The molecule has 1 aromatic heterocycles. The SMILES string of the molecule is CCCN1C(=O)N/C(=C/c2ccc(-c3ccc(C(=O)OCC)cc3)o2)C1=O. The summed E-state index contributed by atoms with van der Waals surface area (Å²) in [5.74, 6) is 0.292. The third-order valence-corrected chi connectivity index (χ3v) is 4.00. The highest BCUT2D eigenvalue weighted by Crippen LogP contribution is 2.24. The molecule has 3 rings (SSSR count). The first kappa shape index (κ1) is 18.4. The Bertz CT molecular complexity index is 895. The number of ether oxygens (including phenoxy) is 1. The molecule has 1 aliphatic heterocycles. The van der Waals surface area contributed by atoms with Gasteiger partial charge >= 0.3 is 12.0 Å². The highest BCUT2D eigenvalue weighted by molar-refractivity contribution is 6.13. The Morgan fingerprint density at radius 3 is 2.56 bits per heavy atom. The van der Waals surface area contributed by atoms with Crippen LogP contribution in [0.5, 0.6) is 0 Å². The molecule has 0 aliphatic carbocycles. The Morgan fingerprint density at radius 1 is 1.15 bits per heavy atom. The first-order valence-electron chi connectivity index (χ1n) is 8.75. The van der Waals surface area contributed by atoms with Crippen molar-refractivity contribution in [2.75, 3.05) is 13.2 Å². The second kappa shape index (κ2) is 7.90. The van der Waals surface area contributed by atoms with Crippen molar-refractivity contribution in [3.8, 4) is 11.3 Å². The van der Waals surface area contributed by atoms with Crippen molar-refractivity contribution in [3.63, 3.8) is 0 Å². The molecule has 0 saturated carbocycles. The van der Waals surface area contributed by atoms with Crippen LogP contribution < -0.4 is 5.32 Å². The van der Waals surface area contributed by atoms with Gasteiger partial charge in [-0.25, -0.2) is 9.59 Å². The molecular formula is C20H20N2O5. The van der Waals surface area contributed by atoms with E-state index in [0.29, 0.717) is 36.7 Å². The normalized spacial score (nSPS) is 15.3. The average molecular weight is 368 g/mol. The fourth-order valence-corrected chi connectivity index (χ4v) is 2.71. The molecule has 1 N–H and O–H groups in total. The number of furan rings is 1. The Balaban J connectivity index is 1.76. The Labute approximate surface area is 156 Å². The Kier molecular flexibility index (Phi) is 5.40. The van der Waals surface area contributed by atoms with Crippen LogP contribution in [-0.2, 0) is 9.53 Å². The van der Waals surface area contributed by atoms with Gasteiger partial charge in [-0.05, 0) is 37.6 Å². The molecule has 1 saturated heterocycles. The lowest BCUT2D eigenvalue weighted by Crippen LogP contribution is -2.31. The third kappa shape index (κ3) is 3.92. The largest absolute Gasteiger partial charge is 0.462 e. The number of amides is 3. The van der Waals surface area contributed by atoms with Gasteiger partial charge in [-0.2, -0.15) is 0 Å². The molecule has 1 aromatic carbocycles. The van der Waals surface area contributed by atoms with Crippen LogP contribution in [0.3, 0.4) is 0 Å². The minimum atomic E-state index is -0.422. The number of nitrogens with zero attached hydrogens (tertiary/aromatic N) is 1. The van der Waals surface area contributed by atoms with Gasteiger partial charge in [0.05, 0.1) is 12.2 Å². The van der Waals surface area contributed by atoms with Crippen LogP contribution in [0.25, 0.3) is 17.4 Å². The van der Waals surface area contributed by atoms with Crippen molar-refractivity contribution in [1.82, 2.24) is 10.2 Å². The molecule has 0 atom stereocenters. The fourth-order valence-electron chi connectivity index (χ4n) is 2.71. The number of benzene rings is 1. The number of urea groups is 1. The Hall–Kier alpha value is -3.35. The average Bonchev–Trinajstić information content (AvgIpc) is 3.23. The van der Waals surface area contributed by atoms with Crippen LogP contribution in [-0.4, -0.2) is 36.0 Å². The number of rotatable bonds is 6. The van der Waals surface area contributed by atoms with Gasteiger partial charge in [0.2, 0.25) is 0 Å². The maximum atomic E-state index is 12.2. The van der Waals surface area contributed by atoms with Gasteiger partial charge in [0.25, 0.3) is 5.91 Å². The minimum absolute atomic E-state index is 0.187. The van der Waals surface area contributed by atoms with Crippen molar-refractivity contribution in [1.29, 1.82) is 0 Å². The molecule has 0 unspecified atom stereocenters. The zero-order chi connectivity index (χ0) is 19.4. The molecule has 1 fully saturated rings. The van der Waals surface area contributed by atoms with E-state index < -0.39 is 6.03 Å². The van der Waals surface area contributed by atoms with Crippen molar-refractivity contribution >= 4 is 24.0 Å². The predicted octanol–water partition coefficient (Wildman–Crippen LogP) is 3.43. The second-order valence-corrected chi connectivity index (χ2v) is 5.94. The summed E-state index contributed by atoms with van der Waals surface area (Å²) in [6.45, 7) is 4.35. The van der Waals surface area contributed by atoms with E-state index in [1.807, 2.05) is 6.92 Å². The smallest absolute Gasteiger partial charge is 0.338 e. The Morgan fingerprint density at radius 2 is 1.89 bits per heavy atom. The van der Waals surface area contributed by atoms with Crippen molar-refractivity contribution in [2.24, 2.45) is 0 Å². The zero-order valence-electron chi connectivity index (χ0n) is 15.2. The standard InChI is InChI=1S/C20H20N2O5/c1-3-11-22-18(23)16(21-20(22)25)12-15-9-10-17(27-15)13-5-7-14(8-6-13)19(24)26-4-2/h5-10,12H,3-4,11H2,1-2H3,(H,21,25)/b16-12+. The molecule has 2 aromatic rings. The summed E-state index contributed by atoms with van der Waals surface area (Å²) in [5.41, 5.74) is 1.43. The fraction of sp³-hybridized carbons (Fsp3) is 0.250. The summed E-state index contributed by atoms with van der Waals surface area (Å²) >= 11 is 0. The third-order valence-electron chi connectivity index (χ3n) is 4.00. The van der Waals surface area contributed by atoms with Crippen LogP contribution in [0, 0.1) is 0 Å². The number of carbonyl (C=O) groups excluding carboxylic acids is 3. The lowest BCUT2D eigenvalue weighted by molar-refractivity contribution is -0.122. The highest BCUT2D eigenvalue weighted by Gasteiger charge is 2.32. The van der Waals surface area contributed by atoms with Gasteiger partial charge in [-0.3, -0.25) is 9.69 Å². The van der Waals surface area contributed by atoms with E-state index in [2.05, 4.69) is 5.32 Å². The van der Waals surface area contributed by atoms with Gasteiger partial charge in [-0.1, -0.05) is 19.1 Å². The summed E-state index contributed by atoms with van der Waals surface area (Å²) in [6, 6.07) is 9.89. The molecule has 0 spiro atoms. The van der Waals surface area contributed by atoms with E-state index in [4.69, 9.17) is 9.15 Å². The summed E-state index contributed by atoms with van der Waals surface area (Å²) in [6.07, 6.45) is 2.20. The molecule has 3 amide bonds. The van der Waals surface area contributed by atoms with Crippen LogP contribution >= 0.6 is 0 Å². The first-order chi connectivity index (χ1) is 13.0. The van der Waals surface area contributed by atoms with Crippen LogP contribution in [0.4, 0.5) is 4.79 Å². The van der Waals surface area contributed by atoms with E-state index in [1.54, 1.807) is 43.3 Å². The number of esters is 1. The number of imide groups is 1. The lowest BCUT2D eigenvalue weighted by atomic mass is 10.1. The summed E-state index contributed by atoms with van der Waals surface area (Å²) in [5, 5.41) is 2.56. The molecule has 140 valence electrons. The van der Waals surface area contributed by atoms with Gasteiger partial charge < -0.3 is 14.5 Å². The molecule has 7 heteroatoms. The molecule has 27 heavy (non-hydrogen) atoms. The summed E-state index contributed by atoms with van der Waals surface area (Å²) in [7, 11) is 0. The summed E-state index contributed by atoms with van der Waals surface area (Å²) < 4.78 is 10.7. The molecule has 2 heterocycles. The molecule has 7 nitrogen and oxygen atoms in total. The van der Waals surface area contributed by atoms with Crippen LogP contribution in [0.2, 0.25) is 0 Å². The maximum Gasteiger partial charge on any atom is 0.338 e. The monoisotopic (exact) mass is 368 g/mol. The van der Waals surface area contributed by atoms with Gasteiger partial charge in [-0.15, -0.1) is 0 Å². The highest BCUT2D eigenvalue weighted by atomic mass is 16.5. The zero-order valence-corrected chi connectivity index (χ0v) is 15.2. The van der Waals surface area contributed by atoms with Gasteiger partial charge in [0.1, 0.15) is 17.2 Å². The van der Waals surface area contributed by atoms with Crippen LogP contribution in [0.15, 0.2) is 46.5 Å². The van der Waals surface area contributed by atoms with E-state index >= 15 is 0 Å². The number of hydrogen-bond donors (Lipinski definition) is 1. The molecule has 0 radical (unpaired) electrons. The predicted molar refractivity (Wildman–Crippen MR) is 98.6 cm³/mol. The van der Waals surface area contributed by atoms with Gasteiger partial charge in [0.15, 0.2) is 0 Å². The van der Waals surface area contributed by atoms with Gasteiger partial charge in [0, 0.05) is 18.2 Å².